The molecule has 11 N–H and O–H groups in total. The Bertz CT molecular complexity index is 712. The van der Waals surface area contributed by atoms with Crippen molar-refractivity contribution in [3.05, 3.63) is 0 Å². The summed E-state index contributed by atoms with van der Waals surface area (Å²) in [5.41, 5.74) is 16.8. The van der Waals surface area contributed by atoms with Gasteiger partial charge in [-0.3, -0.25) is 19.2 Å². The van der Waals surface area contributed by atoms with Crippen LogP contribution in [0.1, 0.15) is 57.8 Å². The van der Waals surface area contributed by atoms with E-state index >= 15 is 0 Å². The lowest BCUT2D eigenvalue weighted by atomic mass is 10.0. The fraction of sp³-hybridized carbons (Fsp3) is 0.773. The van der Waals surface area contributed by atoms with Gasteiger partial charge in [-0.15, -0.1) is 0 Å². The molecule has 0 heterocycles. The normalized spacial score (nSPS) is 14.2. The lowest BCUT2D eigenvalue weighted by molar-refractivity contribution is -0.142. The molecule has 0 spiro atoms. The van der Waals surface area contributed by atoms with Crippen LogP contribution in [-0.4, -0.2) is 89.1 Å². The molecule has 4 atom stereocenters. The first kappa shape index (κ1) is 33.6. The van der Waals surface area contributed by atoms with E-state index in [9.17, 15) is 29.1 Å². The van der Waals surface area contributed by atoms with E-state index in [1.54, 1.807) is 0 Å². The number of rotatable bonds is 21. The fourth-order valence-corrected chi connectivity index (χ4v) is 3.73. The molecular weight excluding hydrogens is 492 g/mol. The van der Waals surface area contributed by atoms with Crippen LogP contribution in [0.2, 0.25) is 0 Å². The van der Waals surface area contributed by atoms with Crippen LogP contribution in [0.4, 0.5) is 0 Å². The molecule has 14 heteroatoms. The van der Waals surface area contributed by atoms with E-state index in [0.29, 0.717) is 50.9 Å². The largest absolute Gasteiger partial charge is 0.481 e. The molecule has 0 fully saturated rings. The van der Waals surface area contributed by atoms with Gasteiger partial charge in [0.05, 0.1) is 6.04 Å². The topological polar surface area (TPSA) is 240 Å². The van der Waals surface area contributed by atoms with Crippen LogP contribution in [0.25, 0.3) is 0 Å². The van der Waals surface area contributed by atoms with E-state index in [1.807, 2.05) is 6.26 Å². The Hall–Kier alpha value is -2.42. The molecule has 0 aliphatic carbocycles. The zero-order chi connectivity index (χ0) is 27.5. The van der Waals surface area contributed by atoms with E-state index in [4.69, 9.17) is 22.3 Å². The van der Waals surface area contributed by atoms with Crippen molar-refractivity contribution in [1.29, 1.82) is 0 Å². The Morgan fingerprint density at radius 1 is 0.722 bits per heavy atom. The number of nitrogens with two attached hydrogens (primary N) is 3. The van der Waals surface area contributed by atoms with Gasteiger partial charge in [0, 0.05) is 6.42 Å². The SMILES string of the molecule is CSCCC(NC(=O)C(CCCCN)NC(=O)C(CCC(=O)O)NC(=O)C(N)CCCCN)C(=O)O. The van der Waals surface area contributed by atoms with Gasteiger partial charge in [0.25, 0.3) is 0 Å². The monoisotopic (exact) mass is 534 g/mol. The summed E-state index contributed by atoms with van der Waals surface area (Å²) in [6, 6.07) is -4.38. The molecular formula is C22H42N6O7S. The number of thioether (sulfide) groups is 1. The van der Waals surface area contributed by atoms with Crippen LogP contribution in [0, 0.1) is 0 Å². The molecule has 4 unspecified atom stereocenters. The number of aliphatic carboxylic acids is 2. The summed E-state index contributed by atoms with van der Waals surface area (Å²) < 4.78 is 0. The molecule has 36 heavy (non-hydrogen) atoms. The van der Waals surface area contributed by atoms with E-state index in [2.05, 4.69) is 16.0 Å². The van der Waals surface area contributed by atoms with Crippen molar-refractivity contribution in [2.45, 2.75) is 82.0 Å². The fourth-order valence-electron chi connectivity index (χ4n) is 3.25. The second-order valence-corrected chi connectivity index (χ2v) is 9.40. The highest BCUT2D eigenvalue weighted by atomic mass is 32.2. The van der Waals surface area contributed by atoms with Crippen molar-refractivity contribution in [1.82, 2.24) is 16.0 Å². The number of hydrogen-bond donors (Lipinski definition) is 8. The lowest BCUT2D eigenvalue weighted by Crippen LogP contribution is -2.57. The third kappa shape index (κ3) is 14.9. The van der Waals surface area contributed by atoms with E-state index in [1.165, 1.54) is 11.8 Å². The number of carbonyl (C=O) groups excluding carboxylic acids is 3. The maximum atomic E-state index is 13.0. The van der Waals surface area contributed by atoms with Gasteiger partial charge in [-0.2, -0.15) is 11.8 Å². The second-order valence-electron chi connectivity index (χ2n) is 8.41. The summed E-state index contributed by atoms with van der Waals surface area (Å²) >= 11 is 1.43. The smallest absolute Gasteiger partial charge is 0.326 e. The third-order valence-electron chi connectivity index (χ3n) is 5.39. The maximum Gasteiger partial charge on any atom is 0.326 e. The van der Waals surface area contributed by atoms with Gasteiger partial charge >= 0.3 is 11.9 Å². The van der Waals surface area contributed by atoms with Crippen LogP contribution in [0.15, 0.2) is 0 Å². The van der Waals surface area contributed by atoms with Crippen molar-refractivity contribution >= 4 is 41.4 Å². The first-order valence-corrected chi connectivity index (χ1v) is 13.5. The van der Waals surface area contributed by atoms with Gasteiger partial charge in [-0.05, 0) is 70.0 Å². The van der Waals surface area contributed by atoms with Crippen LogP contribution in [-0.2, 0) is 24.0 Å². The average molecular weight is 535 g/mol. The summed E-state index contributed by atoms with van der Waals surface area (Å²) in [5.74, 6) is -3.91. The summed E-state index contributed by atoms with van der Waals surface area (Å²) in [7, 11) is 0. The molecule has 3 amide bonds. The molecule has 13 nitrogen and oxygen atoms in total. The number of hydrogen-bond acceptors (Lipinski definition) is 9. The molecule has 0 aliphatic heterocycles. The predicted molar refractivity (Wildman–Crippen MR) is 137 cm³/mol. The van der Waals surface area contributed by atoms with Gasteiger partial charge in [0.15, 0.2) is 0 Å². The predicted octanol–water partition coefficient (Wildman–Crippen LogP) is -1.27. The van der Waals surface area contributed by atoms with Crippen LogP contribution in [0.3, 0.4) is 0 Å². The highest BCUT2D eigenvalue weighted by Crippen LogP contribution is 2.08. The van der Waals surface area contributed by atoms with E-state index in [-0.39, 0.29) is 19.3 Å². The third-order valence-corrected chi connectivity index (χ3v) is 6.03. The lowest BCUT2D eigenvalue weighted by Gasteiger charge is -2.25. The number of carboxylic acids is 2. The number of carbonyl (C=O) groups is 5. The molecule has 0 saturated carbocycles. The van der Waals surface area contributed by atoms with Crippen molar-refractivity contribution in [2.75, 3.05) is 25.1 Å². The molecule has 0 aromatic heterocycles. The second kappa shape index (κ2) is 19.7. The number of amides is 3. The molecule has 0 aromatic rings. The first-order chi connectivity index (χ1) is 17.1. The standard InChI is InChI=1S/C22H42N6O7S/c1-36-13-10-17(22(34)35)28-20(32)15(7-3-5-12-24)27-21(33)16(8-9-18(29)30)26-19(31)14(25)6-2-4-11-23/h14-17H,2-13,23-25H2,1H3,(H,26,31)(H,27,33)(H,28,32)(H,29,30)(H,34,35). The van der Waals surface area contributed by atoms with E-state index in [0.717, 1.165) is 0 Å². The number of unbranched alkanes of at least 4 members (excludes halogenated alkanes) is 2. The zero-order valence-corrected chi connectivity index (χ0v) is 21.7. The van der Waals surface area contributed by atoms with Crippen LogP contribution < -0.4 is 33.2 Å². The van der Waals surface area contributed by atoms with Crippen molar-refractivity contribution in [3.63, 3.8) is 0 Å². The van der Waals surface area contributed by atoms with Crippen molar-refractivity contribution in [3.8, 4) is 0 Å². The van der Waals surface area contributed by atoms with Crippen molar-refractivity contribution < 1.29 is 34.2 Å². The molecule has 208 valence electrons. The summed E-state index contributed by atoms with van der Waals surface area (Å²) in [4.78, 5) is 61.0. The molecule has 0 bridgehead atoms. The highest BCUT2D eigenvalue weighted by Gasteiger charge is 2.30. The molecule has 0 radical (unpaired) electrons. The minimum Gasteiger partial charge on any atom is -0.481 e. The molecule has 0 aromatic carbocycles. The number of nitrogens with one attached hydrogen (secondary N) is 3. The van der Waals surface area contributed by atoms with Gasteiger partial charge in [-0.1, -0.05) is 6.42 Å². The summed E-state index contributed by atoms with van der Waals surface area (Å²) in [6.07, 6.45) is 4.26. The molecule has 0 aliphatic rings. The quantitative estimate of drug-likeness (QED) is 0.0807. The Balaban J connectivity index is 5.48. The minimum absolute atomic E-state index is 0.182. The zero-order valence-electron chi connectivity index (χ0n) is 20.9. The van der Waals surface area contributed by atoms with Gasteiger partial charge in [-0.25, -0.2) is 4.79 Å². The Kier molecular flexibility index (Phi) is 18.4. The van der Waals surface area contributed by atoms with Gasteiger partial charge in [0.1, 0.15) is 18.1 Å². The Labute approximate surface area is 216 Å². The Morgan fingerprint density at radius 2 is 1.22 bits per heavy atom. The van der Waals surface area contributed by atoms with Gasteiger partial charge < -0.3 is 43.4 Å². The average Bonchev–Trinajstić information content (AvgIpc) is 2.82. The Morgan fingerprint density at radius 3 is 1.72 bits per heavy atom. The number of carboxylic acid groups (broad SMARTS) is 2. The summed E-state index contributed by atoms with van der Waals surface area (Å²) in [5, 5.41) is 25.9. The molecule has 0 rings (SSSR count). The van der Waals surface area contributed by atoms with E-state index < -0.39 is 60.2 Å². The van der Waals surface area contributed by atoms with Crippen LogP contribution >= 0.6 is 11.8 Å². The van der Waals surface area contributed by atoms with Crippen molar-refractivity contribution in [2.24, 2.45) is 17.2 Å². The maximum absolute atomic E-state index is 13.0. The van der Waals surface area contributed by atoms with Gasteiger partial charge in [0.2, 0.25) is 17.7 Å². The van der Waals surface area contributed by atoms with Crippen LogP contribution in [0.5, 0.6) is 0 Å². The molecule has 0 saturated heterocycles. The first-order valence-electron chi connectivity index (χ1n) is 12.1. The minimum atomic E-state index is -1.24. The highest BCUT2D eigenvalue weighted by molar-refractivity contribution is 7.98. The summed E-state index contributed by atoms with van der Waals surface area (Å²) in [6.45, 7) is 0.818.